The van der Waals surface area contributed by atoms with Crippen molar-refractivity contribution in [2.24, 2.45) is 0 Å². The zero-order valence-electron chi connectivity index (χ0n) is 10.7. The van der Waals surface area contributed by atoms with Crippen LogP contribution in [0.25, 0.3) is 0 Å². The Morgan fingerprint density at radius 2 is 1.95 bits per heavy atom. The van der Waals surface area contributed by atoms with Crippen molar-refractivity contribution in [3.05, 3.63) is 57.0 Å². The normalized spacial score (nSPS) is 10.3. The largest absolute Gasteiger partial charge is 0.496 e. The minimum atomic E-state index is 0.421. The third-order valence-corrected chi connectivity index (χ3v) is 3.89. The lowest BCUT2D eigenvalue weighted by Crippen LogP contribution is -1.99. The number of rotatable bonds is 4. The summed E-state index contributed by atoms with van der Waals surface area (Å²) in [4.78, 5) is 0. The van der Waals surface area contributed by atoms with Crippen LogP contribution in [0.3, 0.4) is 0 Å². The highest BCUT2D eigenvalue weighted by molar-refractivity contribution is 9.10. The Morgan fingerprint density at radius 1 is 1.16 bits per heavy atom. The minimum absolute atomic E-state index is 0.421. The Balaban J connectivity index is 2.13. The van der Waals surface area contributed by atoms with Gasteiger partial charge in [-0.2, -0.15) is 0 Å². The number of ether oxygens (including phenoxy) is 2. The molecular weight excluding hydrogens is 328 g/mol. The second-order valence-corrected chi connectivity index (χ2v) is 5.45. The van der Waals surface area contributed by atoms with Crippen molar-refractivity contribution >= 4 is 27.5 Å². The van der Waals surface area contributed by atoms with Crippen LogP contribution < -0.4 is 9.47 Å². The summed E-state index contributed by atoms with van der Waals surface area (Å²) in [5.74, 6) is 1.60. The molecule has 19 heavy (non-hydrogen) atoms. The van der Waals surface area contributed by atoms with Gasteiger partial charge in [0, 0.05) is 15.1 Å². The maximum atomic E-state index is 5.98. The van der Waals surface area contributed by atoms with Gasteiger partial charge in [-0.15, -0.1) is 0 Å². The molecule has 0 spiro atoms. The Morgan fingerprint density at radius 3 is 2.63 bits per heavy atom. The van der Waals surface area contributed by atoms with Gasteiger partial charge in [-0.1, -0.05) is 27.5 Å². The van der Waals surface area contributed by atoms with Gasteiger partial charge >= 0.3 is 0 Å². The molecule has 0 saturated carbocycles. The standard InChI is InChI=1S/C15H14BrClO2/c1-10-7-13(4-5-14(10)16)19-9-11-8-12(17)3-6-15(11)18-2/h3-8H,9H2,1-2H3. The topological polar surface area (TPSA) is 18.5 Å². The molecule has 0 aliphatic heterocycles. The molecule has 4 heteroatoms. The molecule has 0 amide bonds. The number of hydrogen-bond donors (Lipinski definition) is 0. The summed E-state index contributed by atoms with van der Waals surface area (Å²) in [5, 5.41) is 0.673. The van der Waals surface area contributed by atoms with Crippen LogP contribution >= 0.6 is 27.5 Å². The predicted octanol–water partition coefficient (Wildman–Crippen LogP) is 5.00. The minimum Gasteiger partial charge on any atom is -0.496 e. The molecule has 0 aliphatic carbocycles. The summed E-state index contributed by atoms with van der Waals surface area (Å²) >= 11 is 9.45. The Bertz CT molecular complexity index is 584. The van der Waals surface area contributed by atoms with Gasteiger partial charge in [0.25, 0.3) is 0 Å². The van der Waals surface area contributed by atoms with Crippen molar-refractivity contribution in [2.75, 3.05) is 7.11 Å². The highest BCUT2D eigenvalue weighted by Crippen LogP contribution is 2.26. The first-order valence-electron chi connectivity index (χ1n) is 5.81. The number of halogens is 2. The Labute approximate surface area is 126 Å². The van der Waals surface area contributed by atoms with Crippen LogP contribution in [0.4, 0.5) is 0 Å². The second kappa shape index (κ2) is 6.31. The maximum absolute atomic E-state index is 5.98. The fraction of sp³-hybridized carbons (Fsp3) is 0.200. The van der Waals surface area contributed by atoms with Crippen LogP contribution in [0, 0.1) is 6.92 Å². The lowest BCUT2D eigenvalue weighted by Gasteiger charge is -2.11. The summed E-state index contributed by atoms with van der Waals surface area (Å²) in [6, 6.07) is 11.4. The van der Waals surface area contributed by atoms with Gasteiger partial charge in [-0.25, -0.2) is 0 Å². The molecule has 0 unspecified atom stereocenters. The first kappa shape index (κ1) is 14.2. The van der Waals surface area contributed by atoms with E-state index in [0.29, 0.717) is 11.6 Å². The van der Waals surface area contributed by atoms with Crippen molar-refractivity contribution < 1.29 is 9.47 Å². The molecule has 0 fully saturated rings. The number of methoxy groups -OCH3 is 1. The average Bonchev–Trinajstić information content (AvgIpc) is 2.40. The maximum Gasteiger partial charge on any atom is 0.125 e. The van der Waals surface area contributed by atoms with E-state index in [-0.39, 0.29) is 0 Å². The molecule has 0 atom stereocenters. The first-order valence-corrected chi connectivity index (χ1v) is 6.98. The van der Waals surface area contributed by atoms with Gasteiger partial charge < -0.3 is 9.47 Å². The van der Waals surface area contributed by atoms with Crippen molar-refractivity contribution in [3.63, 3.8) is 0 Å². The zero-order valence-corrected chi connectivity index (χ0v) is 13.1. The quantitative estimate of drug-likeness (QED) is 0.779. The molecule has 0 bridgehead atoms. The van der Waals surface area contributed by atoms with Gasteiger partial charge in [0.05, 0.1) is 7.11 Å². The van der Waals surface area contributed by atoms with Crippen LogP contribution in [0.5, 0.6) is 11.5 Å². The SMILES string of the molecule is COc1ccc(Cl)cc1COc1ccc(Br)c(C)c1. The van der Waals surface area contributed by atoms with Gasteiger partial charge in [0.2, 0.25) is 0 Å². The van der Waals surface area contributed by atoms with Crippen LogP contribution in [0.1, 0.15) is 11.1 Å². The second-order valence-electron chi connectivity index (χ2n) is 4.16. The first-order chi connectivity index (χ1) is 9.10. The van der Waals surface area contributed by atoms with Gasteiger partial charge in [0.1, 0.15) is 18.1 Å². The van der Waals surface area contributed by atoms with Crippen molar-refractivity contribution in [1.82, 2.24) is 0 Å². The number of benzene rings is 2. The van der Waals surface area contributed by atoms with Crippen LogP contribution in [0.15, 0.2) is 40.9 Å². The van der Waals surface area contributed by atoms with Crippen LogP contribution in [0.2, 0.25) is 5.02 Å². The van der Waals surface area contributed by atoms with E-state index >= 15 is 0 Å². The van der Waals surface area contributed by atoms with E-state index in [0.717, 1.165) is 27.1 Å². The molecule has 0 N–H and O–H groups in total. The molecule has 100 valence electrons. The van der Waals surface area contributed by atoms with E-state index in [9.17, 15) is 0 Å². The van der Waals surface area contributed by atoms with Crippen LogP contribution in [-0.4, -0.2) is 7.11 Å². The molecule has 0 radical (unpaired) electrons. The van der Waals surface area contributed by atoms with E-state index in [1.165, 1.54) is 0 Å². The summed E-state index contributed by atoms with van der Waals surface area (Å²) in [5.41, 5.74) is 2.06. The van der Waals surface area contributed by atoms with Gasteiger partial charge in [-0.05, 0) is 48.9 Å². The lowest BCUT2D eigenvalue weighted by atomic mass is 10.2. The smallest absolute Gasteiger partial charge is 0.125 e. The molecule has 0 aliphatic rings. The van der Waals surface area contributed by atoms with Gasteiger partial charge in [-0.3, -0.25) is 0 Å². The van der Waals surface area contributed by atoms with E-state index in [4.69, 9.17) is 21.1 Å². The average molecular weight is 342 g/mol. The summed E-state index contributed by atoms with van der Waals surface area (Å²) in [6.07, 6.45) is 0. The third kappa shape index (κ3) is 3.64. The van der Waals surface area contributed by atoms with Gasteiger partial charge in [0.15, 0.2) is 0 Å². The third-order valence-electron chi connectivity index (χ3n) is 2.77. The molecule has 0 heterocycles. The van der Waals surface area contributed by atoms with Crippen molar-refractivity contribution in [2.45, 2.75) is 13.5 Å². The number of hydrogen-bond acceptors (Lipinski definition) is 2. The molecule has 0 saturated heterocycles. The van der Waals surface area contributed by atoms with E-state index in [2.05, 4.69) is 15.9 Å². The van der Waals surface area contributed by atoms with Crippen LogP contribution in [-0.2, 0) is 6.61 Å². The molecule has 2 nitrogen and oxygen atoms in total. The molecule has 2 rings (SSSR count). The van der Waals surface area contributed by atoms with Crippen molar-refractivity contribution in [3.8, 4) is 11.5 Å². The Kier molecular flexibility index (Phi) is 4.72. The van der Waals surface area contributed by atoms with E-state index in [1.54, 1.807) is 13.2 Å². The van der Waals surface area contributed by atoms with Crippen molar-refractivity contribution in [1.29, 1.82) is 0 Å². The highest BCUT2D eigenvalue weighted by Gasteiger charge is 2.05. The predicted molar refractivity (Wildman–Crippen MR) is 81.2 cm³/mol. The molecule has 0 aromatic heterocycles. The fourth-order valence-corrected chi connectivity index (χ4v) is 2.17. The Hall–Kier alpha value is -1.19. The summed E-state index contributed by atoms with van der Waals surface area (Å²) in [7, 11) is 1.64. The van der Waals surface area contributed by atoms with E-state index in [1.807, 2.05) is 37.3 Å². The monoisotopic (exact) mass is 340 g/mol. The number of aryl methyl sites for hydroxylation is 1. The van der Waals surface area contributed by atoms with E-state index < -0.39 is 0 Å². The highest BCUT2D eigenvalue weighted by atomic mass is 79.9. The zero-order chi connectivity index (χ0) is 13.8. The fourth-order valence-electron chi connectivity index (χ4n) is 1.73. The lowest BCUT2D eigenvalue weighted by molar-refractivity contribution is 0.296. The molecule has 2 aromatic rings. The molecular formula is C15H14BrClO2. The summed E-state index contributed by atoms with van der Waals surface area (Å²) < 4.78 is 12.1. The molecule has 2 aromatic carbocycles. The summed E-state index contributed by atoms with van der Waals surface area (Å²) in [6.45, 7) is 2.45.